The maximum Gasteiger partial charge on any atom is 0.306 e. The Bertz CT molecular complexity index is 1350. The van der Waals surface area contributed by atoms with E-state index >= 15 is 0 Å². The molecule has 5 rings (SSSR count). The van der Waals surface area contributed by atoms with Gasteiger partial charge in [0.2, 0.25) is 5.91 Å². The molecule has 0 spiro atoms. The van der Waals surface area contributed by atoms with Crippen LogP contribution in [0.25, 0.3) is 0 Å². The number of amides is 1. The third-order valence-corrected chi connectivity index (χ3v) is 16.8. The minimum atomic E-state index is -0.884. The maximum atomic E-state index is 13.8. The molecule has 5 saturated carbocycles. The summed E-state index contributed by atoms with van der Waals surface area (Å²) in [5.41, 5.74) is 7.15. The quantitative estimate of drug-likeness (QED) is 0.136. The molecule has 0 aromatic heterocycles. The lowest BCUT2D eigenvalue weighted by molar-refractivity contribution is -0.219. The van der Waals surface area contributed by atoms with Gasteiger partial charge in [0, 0.05) is 23.9 Å². The Hall–Kier alpha value is -1.89. The second kappa shape index (κ2) is 15.0. The van der Waals surface area contributed by atoms with Crippen LogP contribution in [0, 0.1) is 56.2 Å². The molecule has 7 nitrogen and oxygen atoms in total. The number of carbonyl (C=O) groups excluding carboxylic acids is 2. The fourth-order valence-electron chi connectivity index (χ4n) is 13.8. The fraction of sp³-hybridized carbons (Fsp3) is 0.889. The van der Waals surface area contributed by atoms with Crippen molar-refractivity contribution in [2.45, 2.75) is 196 Å². The predicted octanol–water partition coefficient (Wildman–Crippen LogP) is 10.0. The second-order valence-corrected chi connectivity index (χ2v) is 21.2. The fourth-order valence-corrected chi connectivity index (χ4v) is 13.8. The summed E-state index contributed by atoms with van der Waals surface area (Å²) in [4.78, 5) is 38.5. The summed E-state index contributed by atoms with van der Waals surface area (Å²) in [5, 5.41) is 12.8. The van der Waals surface area contributed by atoms with E-state index in [1.807, 2.05) is 13.8 Å². The molecular formula is C45H76N2O5. The largest absolute Gasteiger partial charge is 0.481 e. The van der Waals surface area contributed by atoms with E-state index < -0.39 is 11.4 Å². The van der Waals surface area contributed by atoms with Crippen molar-refractivity contribution in [2.24, 2.45) is 61.9 Å². The molecule has 0 heterocycles. The van der Waals surface area contributed by atoms with Crippen molar-refractivity contribution >= 4 is 17.8 Å². The van der Waals surface area contributed by atoms with Gasteiger partial charge in [-0.25, -0.2) is 0 Å². The molecular weight excluding hydrogens is 649 g/mol. The number of fused-ring (bicyclic) bond motifs is 2. The zero-order valence-corrected chi connectivity index (χ0v) is 34.6. The van der Waals surface area contributed by atoms with Gasteiger partial charge in [0.25, 0.3) is 0 Å². The topological polar surface area (TPSA) is 119 Å². The Morgan fingerprint density at radius 3 is 2.19 bits per heavy atom. The van der Waals surface area contributed by atoms with Crippen LogP contribution in [0.5, 0.6) is 0 Å². The molecule has 0 aliphatic heterocycles. The van der Waals surface area contributed by atoms with Gasteiger partial charge >= 0.3 is 11.9 Å². The molecule has 5 fully saturated rings. The average Bonchev–Trinajstić information content (AvgIpc) is 3.38. The SMILES string of the molecule is C=C(C)[C@@H]1CC[C@]2(CC(=O)N[C@H]3CC[C@H](N)CC3)CC[C@@](C)([C@]3(C)CC[C@H]4C(C)(C)[C@@H](OC(=O)CC(C)(C)CC(=O)O)CC[C@]4(C)[C@H]3CCC)C[C@@H]12. The van der Waals surface area contributed by atoms with E-state index in [0.29, 0.717) is 30.1 Å². The average molecular weight is 725 g/mol. The van der Waals surface area contributed by atoms with Crippen LogP contribution in [0.15, 0.2) is 12.2 Å². The standard InChI is InChI=1S/C45H76N2O5/c1-11-12-35-43(9)20-19-36(52-39(51)28-40(4,5)27-38(49)50)41(6,7)34(43)18-21-44(35,10)42(8)23-24-45(22-17-32(29(2)3)33(45)25-42)26-37(48)47-31-15-13-30(46)14-16-31/h30-36H,2,11-28,46H2,1,3-10H3,(H,47,48)(H,49,50)/t30-,31-,32-,33-,34-,35+,36-,42+,43-,44+,45+/m0/s1. The molecule has 4 N–H and O–H groups in total. The van der Waals surface area contributed by atoms with Crippen LogP contribution in [0.2, 0.25) is 0 Å². The van der Waals surface area contributed by atoms with E-state index in [9.17, 15) is 19.5 Å². The molecule has 0 unspecified atom stereocenters. The first kappa shape index (κ1) is 41.3. The van der Waals surface area contributed by atoms with Crippen LogP contribution in [0.1, 0.15) is 178 Å². The van der Waals surface area contributed by atoms with Gasteiger partial charge in [0.05, 0.1) is 12.8 Å². The van der Waals surface area contributed by atoms with Crippen LogP contribution >= 0.6 is 0 Å². The van der Waals surface area contributed by atoms with Crippen LogP contribution < -0.4 is 11.1 Å². The Morgan fingerprint density at radius 1 is 0.904 bits per heavy atom. The summed E-state index contributed by atoms with van der Waals surface area (Å²) in [5.74, 6) is 1.05. The number of nitrogens with two attached hydrogens (primary N) is 1. The second-order valence-electron chi connectivity index (χ2n) is 21.2. The number of nitrogens with one attached hydrogen (secondary N) is 1. The van der Waals surface area contributed by atoms with Gasteiger partial charge in [-0.15, -0.1) is 0 Å². The number of allylic oxidation sites excluding steroid dienone is 1. The lowest BCUT2D eigenvalue weighted by atomic mass is 9.36. The zero-order valence-electron chi connectivity index (χ0n) is 34.6. The monoisotopic (exact) mass is 725 g/mol. The summed E-state index contributed by atoms with van der Waals surface area (Å²) >= 11 is 0. The van der Waals surface area contributed by atoms with E-state index in [1.54, 1.807) is 0 Å². The third-order valence-electron chi connectivity index (χ3n) is 16.8. The van der Waals surface area contributed by atoms with Gasteiger partial charge in [-0.3, -0.25) is 14.4 Å². The highest BCUT2D eigenvalue weighted by molar-refractivity contribution is 5.77. The summed E-state index contributed by atoms with van der Waals surface area (Å²) in [6, 6.07) is 0.548. The van der Waals surface area contributed by atoms with Gasteiger partial charge < -0.3 is 20.9 Å². The molecule has 0 radical (unpaired) electrons. The Morgan fingerprint density at radius 2 is 1.58 bits per heavy atom. The Labute approximate surface area is 316 Å². The normalized spacial score (nSPS) is 41.7. The lowest BCUT2D eigenvalue weighted by Crippen LogP contribution is -2.63. The number of ether oxygens (including phenoxy) is 1. The molecule has 0 saturated heterocycles. The van der Waals surface area contributed by atoms with Crippen molar-refractivity contribution in [3.63, 3.8) is 0 Å². The van der Waals surface area contributed by atoms with E-state index in [-0.39, 0.29) is 70.0 Å². The number of esters is 1. The third kappa shape index (κ3) is 7.79. The van der Waals surface area contributed by atoms with Gasteiger partial charge in [-0.05, 0) is 148 Å². The molecule has 0 aromatic rings. The highest BCUT2D eigenvalue weighted by atomic mass is 16.5. The number of carboxylic acid groups (broad SMARTS) is 1. The van der Waals surface area contributed by atoms with Gasteiger partial charge in [0.15, 0.2) is 0 Å². The zero-order chi connectivity index (χ0) is 38.5. The Balaban J connectivity index is 1.36. The smallest absolute Gasteiger partial charge is 0.306 e. The number of hydrogen-bond donors (Lipinski definition) is 3. The van der Waals surface area contributed by atoms with E-state index in [2.05, 4.69) is 60.4 Å². The van der Waals surface area contributed by atoms with Crippen LogP contribution in [0.4, 0.5) is 0 Å². The van der Waals surface area contributed by atoms with Crippen molar-refractivity contribution in [1.82, 2.24) is 5.32 Å². The van der Waals surface area contributed by atoms with Crippen molar-refractivity contribution in [3.8, 4) is 0 Å². The summed E-state index contributed by atoms with van der Waals surface area (Å²) in [7, 11) is 0. The van der Waals surface area contributed by atoms with E-state index in [1.165, 1.54) is 31.3 Å². The Kier molecular flexibility index (Phi) is 11.9. The molecule has 5 aliphatic rings. The molecule has 7 heteroatoms. The van der Waals surface area contributed by atoms with Crippen LogP contribution in [-0.4, -0.2) is 41.1 Å². The highest BCUT2D eigenvalue weighted by Gasteiger charge is 2.66. The lowest BCUT2D eigenvalue weighted by Gasteiger charge is -2.69. The van der Waals surface area contributed by atoms with Crippen LogP contribution in [0.3, 0.4) is 0 Å². The van der Waals surface area contributed by atoms with Crippen molar-refractivity contribution < 1.29 is 24.2 Å². The molecule has 0 aromatic carbocycles. The first-order valence-electron chi connectivity index (χ1n) is 21.2. The number of carboxylic acids is 1. The molecule has 5 aliphatic carbocycles. The number of carbonyl (C=O) groups is 3. The van der Waals surface area contributed by atoms with E-state index in [4.69, 9.17) is 10.5 Å². The summed E-state index contributed by atoms with van der Waals surface area (Å²) in [6.45, 7) is 25.3. The number of aliphatic carboxylic acids is 1. The molecule has 52 heavy (non-hydrogen) atoms. The van der Waals surface area contributed by atoms with Crippen molar-refractivity contribution in [2.75, 3.05) is 0 Å². The summed E-state index contributed by atoms with van der Waals surface area (Å²) in [6.07, 6.45) is 16.9. The molecule has 1 amide bonds. The first-order chi connectivity index (χ1) is 24.1. The minimum Gasteiger partial charge on any atom is -0.481 e. The van der Waals surface area contributed by atoms with Crippen molar-refractivity contribution in [1.29, 1.82) is 0 Å². The van der Waals surface area contributed by atoms with Crippen LogP contribution in [-0.2, 0) is 19.1 Å². The first-order valence-corrected chi connectivity index (χ1v) is 21.2. The van der Waals surface area contributed by atoms with Gasteiger partial charge in [-0.1, -0.05) is 74.0 Å². The molecule has 0 bridgehead atoms. The molecule has 296 valence electrons. The molecule has 9 atom stereocenters. The van der Waals surface area contributed by atoms with E-state index in [0.717, 1.165) is 70.6 Å². The van der Waals surface area contributed by atoms with Gasteiger partial charge in [0.1, 0.15) is 6.10 Å². The summed E-state index contributed by atoms with van der Waals surface area (Å²) < 4.78 is 6.30. The number of rotatable bonds is 12. The van der Waals surface area contributed by atoms with Crippen molar-refractivity contribution in [3.05, 3.63) is 12.2 Å². The highest BCUT2D eigenvalue weighted by Crippen LogP contribution is 2.73. The number of hydrogen-bond acceptors (Lipinski definition) is 5. The maximum absolute atomic E-state index is 13.8. The minimum absolute atomic E-state index is 0.0504. The predicted molar refractivity (Wildman–Crippen MR) is 209 cm³/mol. The van der Waals surface area contributed by atoms with Gasteiger partial charge in [-0.2, -0.15) is 0 Å².